The van der Waals surface area contributed by atoms with Crippen LogP contribution in [0.4, 0.5) is 23.7 Å². The Bertz CT molecular complexity index is 671. The van der Waals surface area contributed by atoms with E-state index in [1.54, 1.807) is 19.1 Å². The first-order valence-corrected chi connectivity index (χ1v) is 7.50. The van der Waals surface area contributed by atoms with Crippen molar-refractivity contribution < 1.29 is 22.8 Å². The average Bonchev–Trinajstić information content (AvgIpc) is 2.75. The maximum Gasteiger partial charge on any atom is 0.394 e. The second-order valence-corrected chi connectivity index (χ2v) is 6.51. The topological polar surface area (TPSA) is 75.4 Å². The molecule has 0 spiro atoms. The van der Waals surface area contributed by atoms with E-state index in [1.807, 2.05) is 0 Å². The largest absolute Gasteiger partial charge is 0.394 e. The molecule has 1 aliphatic heterocycles. The normalized spacial score (nSPS) is 20.1. The van der Waals surface area contributed by atoms with E-state index in [9.17, 15) is 22.8 Å². The van der Waals surface area contributed by atoms with Crippen LogP contribution in [-0.2, 0) is 0 Å². The van der Waals surface area contributed by atoms with Crippen molar-refractivity contribution in [2.75, 3.05) is 11.9 Å². The van der Waals surface area contributed by atoms with Crippen LogP contribution in [-0.4, -0.2) is 35.1 Å². The Kier molecular flexibility index (Phi) is 4.52. The number of aryl methyl sites for hydroxylation is 1. The summed E-state index contributed by atoms with van der Waals surface area (Å²) < 4.78 is 39.3. The van der Waals surface area contributed by atoms with E-state index in [0.29, 0.717) is 11.3 Å². The molecule has 3 N–H and O–H groups in total. The van der Waals surface area contributed by atoms with Crippen LogP contribution in [0.5, 0.6) is 0 Å². The van der Waals surface area contributed by atoms with Crippen molar-refractivity contribution >= 4 is 17.6 Å². The van der Waals surface area contributed by atoms with Gasteiger partial charge in [-0.2, -0.15) is 13.2 Å². The van der Waals surface area contributed by atoms with Crippen LogP contribution in [0.2, 0.25) is 0 Å². The molecule has 0 aliphatic carbocycles. The molecule has 0 bridgehead atoms. The molecule has 132 valence electrons. The fourth-order valence-electron chi connectivity index (χ4n) is 3.17. The summed E-state index contributed by atoms with van der Waals surface area (Å²) in [7, 11) is 0. The fraction of sp³-hybridized carbons (Fsp3) is 0.500. The van der Waals surface area contributed by atoms with Crippen molar-refractivity contribution in [3.8, 4) is 0 Å². The SMILES string of the molecule is Cc1ccc(NC(=O)N2CC[C@@H](C(F)(F)F)C2(C)C)cc1C(N)=O. The lowest BCUT2D eigenvalue weighted by Gasteiger charge is -2.36. The second-order valence-electron chi connectivity index (χ2n) is 6.51. The van der Waals surface area contributed by atoms with E-state index in [2.05, 4.69) is 5.32 Å². The smallest absolute Gasteiger partial charge is 0.366 e. The number of hydrogen-bond acceptors (Lipinski definition) is 2. The highest BCUT2D eigenvalue weighted by atomic mass is 19.4. The highest BCUT2D eigenvalue weighted by molar-refractivity contribution is 5.97. The third-order valence-corrected chi connectivity index (χ3v) is 4.58. The molecule has 1 aliphatic rings. The van der Waals surface area contributed by atoms with E-state index in [4.69, 9.17) is 5.73 Å². The number of amides is 3. The number of carbonyl (C=O) groups is 2. The Hall–Kier alpha value is -2.25. The molecular weight excluding hydrogens is 323 g/mol. The highest BCUT2D eigenvalue weighted by Gasteiger charge is 2.56. The summed E-state index contributed by atoms with van der Waals surface area (Å²) in [4.78, 5) is 24.9. The Balaban J connectivity index is 2.19. The molecule has 1 fully saturated rings. The minimum Gasteiger partial charge on any atom is -0.366 e. The Morgan fingerprint density at radius 3 is 2.46 bits per heavy atom. The van der Waals surface area contributed by atoms with Gasteiger partial charge >= 0.3 is 12.2 Å². The van der Waals surface area contributed by atoms with Crippen LogP contribution in [0.15, 0.2) is 18.2 Å². The predicted molar refractivity (Wildman–Crippen MR) is 83.7 cm³/mol. The van der Waals surface area contributed by atoms with E-state index in [0.717, 1.165) is 0 Å². The number of anilines is 1. The number of hydrogen-bond donors (Lipinski definition) is 2. The summed E-state index contributed by atoms with van der Waals surface area (Å²) in [6.07, 6.45) is -4.49. The van der Waals surface area contributed by atoms with Gasteiger partial charge < -0.3 is 16.0 Å². The van der Waals surface area contributed by atoms with Crippen LogP contribution in [0.1, 0.15) is 36.2 Å². The lowest BCUT2D eigenvalue weighted by atomic mass is 9.88. The van der Waals surface area contributed by atoms with Gasteiger partial charge in [-0.15, -0.1) is 0 Å². The molecular formula is C16H20F3N3O2. The highest BCUT2D eigenvalue weighted by Crippen LogP contribution is 2.44. The lowest BCUT2D eigenvalue weighted by Crippen LogP contribution is -2.51. The van der Waals surface area contributed by atoms with Crippen LogP contribution in [0, 0.1) is 12.8 Å². The van der Waals surface area contributed by atoms with Crippen molar-refractivity contribution in [1.29, 1.82) is 0 Å². The monoisotopic (exact) mass is 343 g/mol. The van der Waals surface area contributed by atoms with E-state index >= 15 is 0 Å². The predicted octanol–water partition coefficient (Wildman–Crippen LogP) is 3.29. The third-order valence-electron chi connectivity index (χ3n) is 4.58. The van der Waals surface area contributed by atoms with Crippen molar-refractivity contribution in [3.63, 3.8) is 0 Å². The maximum absolute atomic E-state index is 13.1. The van der Waals surface area contributed by atoms with Gasteiger partial charge in [0.05, 0.1) is 11.5 Å². The minimum absolute atomic E-state index is 0.0115. The maximum atomic E-state index is 13.1. The molecule has 0 radical (unpaired) electrons. The Morgan fingerprint density at radius 2 is 1.96 bits per heavy atom. The number of rotatable bonds is 2. The minimum atomic E-state index is -4.36. The molecule has 0 unspecified atom stereocenters. The standard InChI is InChI=1S/C16H20F3N3O2/c1-9-4-5-10(8-11(9)13(20)23)21-14(24)22-7-6-12(15(22,2)3)16(17,18)19/h4-5,8,12H,6-7H2,1-3H3,(H2,20,23)(H,21,24)/t12-/m1/s1. The summed E-state index contributed by atoms with van der Waals surface area (Å²) in [6, 6.07) is 3.97. The fourth-order valence-corrected chi connectivity index (χ4v) is 3.17. The number of nitrogens with two attached hydrogens (primary N) is 1. The average molecular weight is 343 g/mol. The lowest BCUT2D eigenvalue weighted by molar-refractivity contribution is -0.189. The molecule has 0 saturated carbocycles. The van der Waals surface area contributed by atoms with Gasteiger partial charge in [0, 0.05) is 17.8 Å². The summed E-state index contributed by atoms with van der Waals surface area (Å²) in [5, 5.41) is 2.55. The van der Waals surface area contributed by atoms with Gasteiger partial charge in [0.1, 0.15) is 0 Å². The molecule has 24 heavy (non-hydrogen) atoms. The number of alkyl halides is 3. The number of primary amides is 1. The summed E-state index contributed by atoms with van der Waals surface area (Å²) in [5.41, 5.74) is 5.13. The molecule has 5 nitrogen and oxygen atoms in total. The van der Waals surface area contributed by atoms with Gasteiger partial charge in [-0.1, -0.05) is 6.07 Å². The summed E-state index contributed by atoms with van der Waals surface area (Å²) in [5.74, 6) is -2.21. The zero-order chi connectivity index (χ0) is 18.3. The zero-order valence-corrected chi connectivity index (χ0v) is 13.7. The first-order valence-electron chi connectivity index (χ1n) is 7.50. The van der Waals surface area contributed by atoms with Gasteiger partial charge in [-0.3, -0.25) is 4.79 Å². The molecule has 3 amide bonds. The van der Waals surface area contributed by atoms with E-state index in [-0.39, 0.29) is 18.5 Å². The molecule has 0 aromatic heterocycles. The number of carbonyl (C=O) groups excluding carboxylic acids is 2. The van der Waals surface area contributed by atoms with E-state index in [1.165, 1.54) is 24.8 Å². The van der Waals surface area contributed by atoms with Gasteiger partial charge in [0.15, 0.2) is 0 Å². The third kappa shape index (κ3) is 3.32. The molecule has 8 heteroatoms. The quantitative estimate of drug-likeness (QED) is 0.864. The molecule has 1 atom stereocenters. The molecule has 2 rings (SSSR count). The van der Waals surface area contributed by atoms with Crippen LogP contribution < -0.4 is 11.1 Å². The van der Waals surface area contributed by atoms with Gasteiger partial charge in [0.25, 0.3) is 0 Å². The number of likely N-dealkylation sites (tertiary alicyclic amines) is 1. The van der Waals surface area contributed by atoms with Crippen molar-refractivity contribution in [1.82, 2.24) is 4.90 Å². The number of nitrogens with zero attached hydrogens (tertiary/aromatic N) is 1. The number of halogens is 3. The summed E-state index contributed by atoms with van der Waals surface area (Å²) >= 11 is 0. The second kappa shape index (κ2) is 5.99. The molecule has 1 heterocycles. The van der Waals surface area contributed by atoms with Crippen LogP contribution in [0.3, 0.4) is 0 Å². The molecule has 1 aromatic rings. The van der Waals surface area contributed by atoms with Gasteiger partial charge in [-0.05, 0) is 44.9 Å². The number of urea groups is 1. The Morgan fingerprint density at radius 1 is 1.33 bits per heavy atom. The zero-order valence-electron chi connectivity index (χ0n) is 13.7. The molecule has 1 aromatic carbocycles. The number of nitrogens with one attached hydrogen (secondary N) is 1. The van der Waals surface area contributed by atoms with Gasteiger partial charge in [0.2, 0.25) is 5.91 Å². The van der Waals surface area contributed by atoms with Crippen molar-refractivity contribution in [3.05, 3.63) is 29.3 Å². The Labute approximate surface area is 138 Å². The summed E-state index contributed by atoms with van der Waals surface area (Å²) in [6.45, 7) is 4.52. The van der Waals surface area contributed by atoms with Crippen molar-refractivity contribution in [2.45, 2.75) is 38.9 Å². The first kappa shape index (κ1) is 18.1. The van der Waals surface area contributed by atoms with Crippen molar-refractivity contribution in [2.24, 2.45) is 11.7 Å². The van der Waals surface area contributed by atoms with Crippen LogP contribution >= 0.6 is 0 Å². The molecule has 1 saturated heterocycles. The number of benzene rings is 1. The van der Waals surface area contributed by atoms with E-state index < -0.39 is 29.6 Å². The van der Waals surface area contributed by atoms with Crippen LogP contribution in [0.25, 0.3) is 0 Å². The first-order chi connectivity index (χ1) is 10.9. The van der Waals surface area contributed by atoms with Gasteiger partial charge in [-0.25, -0.2) is 4.79 Å².